The van der Waals surface area contributed by atoms with Gasteiger partial charge in [-0.25, -0.2) is 13.8 Å². The van der Waals surface area contributed by atoms with Gasteiger partial charge in [-0.15, -0.1) is 0 Å². The van der Waals surface area contributed by atoms with Gasteiger partial charge in [-0.05, 0) is 50.1 Å². The van der Waals surface area contributed by atoms with Crippen LogP contribution in [-0.2, 0) is 14.8 Å². The molecule has 3 rings (SSSR count). The average Bonchev–Trinajstić information content (AvgIpc) is 2.73. The van der Waals surface area contributed by atoms with Crippen molar-refractivity contribution in [3.8, 4) is 0 Å². The quantitative estimate of drug-likeness (QED) is 0.451. The van der Waals surface area contributed by atoms with Crippen LogP contribution in [0.3, 0.4) is 0 Å². The molecule has 0 heterocycles. The lowest BCUT2D eigenvalue weighted by Crippen LogP contribution is -2.40. The number of carbonyl (C=O) groups is 1. The first kappa shape index (κ1) is 22.2. The molecule has 1 amide bonds. The lowest BCUT2D eigenvalue weighted by atomic mass is 10.2. The molecule has 3 aromatic carbocycles. The number of benzene rings is 3. The number of sulfonamides is 1. The molecular weight excluding hydrogens is 410 g/mol. The molecule has 0 atom stereocenters. The van der Waals surface area contributed by atoms with E-state index in [0.717, 1.165) is 26.6 Å². The van der Waals surface area contributed by atoms with Crippen molar-refractivity contribution >= 4 is 27.8 Å². The largest absolute Gasteiger partial charge is 0.271 e. The number of aryl methyl sites for hydroxylation is 3. The molecule has 0 aliphatic heterocycles. The molecule has 3 aromatic rings. The number of hydrazone groups is 1. The minimum Gasteiger partial charge on any atom is -0.271 e. The maximum absolute atomic E-state index is 13.4. The Morgan fingerprint density at radius 1 is 0.935 bits per heavy atom. The third-order valence-corrected chi connectivity index (χ3v) is 6.50. The van der Waals surface area contributed by atoms with Crippen molar-refractivity contribution in [1.29, 1.82) is 0 Å². The van der Waals surface area contributed by atoms with Crippen molar-refractivity contribution < 1.29 is 13.2 Å². The van der Waals surface area contributed by atoms with E-state index in [2.05, 4.69) is 10.5 Å². The summed E-state index contributed by atoms with van der Waals surface area (Å²) in [5.74, 6) is -0.539. The number of amides is 1. The van der Waals surface area contributed by atoms with Gasteiger partial charge in [0.15, 0.2) is 0 Å². The van der Waals surface area contributed by atoms with E-state index >= 15 is 0 Å². The zero-order valence-electron chi connectivity index (χ0n) is 17.7. The van der Waals surface area contributed by atoms with Crippen molar-refractivity contribution in [2.24, 2.45) is 5.10 Å². The molecule has 1 N–H and O–H groups in total. The molecule has 0 aliphatic rings. The topological polar surface area (TPSA) is 78.8 Å². The van der Waals surface area contributed by atoms with E-state index in [0.29, 0.717) is 5.69 Å². The standard InChI is InChI=1S/C24H25N3O3S/c1-18-11-13-22(14-12-18)31(29,30)27(23-10-5-4-8-20(23)3)17-24(28)26-25-16-21-9-6-7-19(2)15-21/h4-16H,17H2,1-3H3,(H,26,28)/b25-16+. The zero-order chi connectivity index (χ0) is 22.4. The van der Waals surface area contributed by atoms with E-state index < -0.39 is 22.5 Å². The van der Waals surface area contributed by atoms with Crippen molar-refractivity contribution in [3.63, 3.8) is 0 Å². The summed E-state index contributed by atoms with van der Waals surface area (Å²) in [6.07, 6.45) is 1.53. The number of hydrogen-bond acceptors (Lipinski definition) is 4. The van der Waals surface area contributed by atoms with Crippen LogP contribution >= 0.6 is 0 Å². The molecule has 0 spiro atoms. The van der Waals surface area contributed by atoms with Gasteiger partial charge in [0, 0.05) is 0 Å². The maximum atomic E-state index is 13.4. The van der Waals surface area contributed by atoms with Gasteiger partial charge in [-0.1, -0.05) is 65.7 Å². The minimum absolute atomic E-state index is 0.123. The Bertz CT molecular complexity index is 1200. The highest BCUT2D eigenvalue weighted by molar-refractivity contribution is 7.92. The Hall–Kier alpha value is -3.45. The summed E-state index contributed by atoms with van der Waals surface area (Å²) in [7, 11) is -3.95. The van der Waals surface area contributed by atoms with E-state index in [4.69, 9.17) is 0 Å². The van der Waals surface area contributed by atoms with Gasteiger partial charge in [0.1, 0.15) is 6.54 Å². The highest BCUT2D eigenvalue weighted by Crippen LogP contribution is 2.26. The van der Waals surface area contributed by atoms with Crippen LogP contribution < -0.4 is 9.73 Å². The fourth-order valence-electron chi connectivity index (χ4n) is 3.08. The van der Waals surface area contributed by atoms with Crippen LogP contribution in [0.2, 0.25) is 0 Å². The predicted molar refractivity (Wildman–Crippen MR) is 124 cm³/mol. The van der Waals surface area contributed by atoms with Gasteiger partial charge in [0.05, 0.1) is 16.8 Å². The van der Waals surface area contributed by atoms with Crippen LogP contribution in [0.25, 0.3) is 0 Å². The van der Waals surface area contributed by atoms with E-state index in [1.165, 1.54) is 6.21 Å². The SMILES string of the molecule is Cc1ccc(S(=O)(=O)N(CC(=O)N/N=C/c2cccc(C)c2)c2ccccc2C)cc1. The summed E-state index contributed by atoms with van der Waals surface area (Å²) >= 11 is 0. The molecule has 160 valence electrons. The van der Waals surface area contributed by atoms with E-state index in [1.807, 2.05) is 44.2 Å². The van der Waals surface area contributed by atoms with Gasteiger partial charge in [-0.2, -0.15) is 5.10 Å². The molecule has 0 saturated carbocycles. The molecule has 0 fully saturated rings. The summed E-state index contributed by atoms with van der Waals surface area (Å²) in [4.78, 5) is 12.7. The van der Waals surface area contributed by atoms with Gasteiger partial charge in [0.2, 0.25) is 0 Å². The van der Waals surface area contributed by atoms with Crippen LogP contribution in [0.1, 0.15) is 22.3 Å². The molecule has 7 heteroatoms. The molecular formula is C24H25N3O3S. The number of rotatable bonds is 7. The number of carbonyl (C=O) groups excluding carboxylic acids is 1. The van der Waals surface area contributed by atoms with Crippen LogP contribution in [0.4, 0.5) is 5.69 Å². The van der Waals surface area contributed by atoms with Gasteiger partial charge in [0.25, 0.3) is 15.9 Å². The molecule has 6 nitrogen and oxygen atoms in total. The van der Waals surface area contributed by atoms with Crippen molar-refractivity contribution in [2.45, 2.75) is 25.7 Å². The zero-order valence-corrected chi connectivity index (χ0v) is 18.6. The summed E-state index contributed by atoms with van der Waals surface area (Å²) in [5, 5.41) is 3.97. The Morgan fingerprint density at radius 2 is 1.65 bits per heavy atom. The molecule has 0 aliphatic carbocycles. The summed E-state index contributed by atoms with van der Waals surface area (Å²) < 4.78 is 27.9. The van der Waals surface area contributed by atoms with Crippen molar-refractivity contribution in [3.05, 3.63) is 95.1 Å². The lowest BCUT2D eigenvalue weighted by molar-refractivity contribution is -0.119. The second kappa shape index (κ2) is 9.57. The Balaban J connectivity index is 1.86. The first-order valence-electron chi connectivity index (χ1n) is 9.81. The van der Waals surface area contributed by atoms with Gasteiger partial charge in [-0.3, -0.25) is 9.10 Å². The van der Waals surface area contributed by atoms with Crippen molar-refractivity contribution in [2.75, 3.05) is 10.8 Å². The Labute approximate surface area is 183 Å². The first-order valence-corrected chi connectivity index (χ1v) is 11.2. The van der Waals surface area contributed by atoms with Gasteiger partial charge < -0.3 is 0 Å². The minimum atomic E-state index is -3.95. The van der Waals surface area contributed by atoms with Gasteiger partial charge >= 0.3 is 0 Å². The Morgan fingerprint density at radius 3 is 2.32 bits per heavy atom. The molecule has 31 heavy (non-hydrogen) atoms. The fraction of sp³-hybridized carbons (Fsp3) is 0.167. The Kier molecular flexibility index (Phi) is 6.87. The molecule has 0 unspecified atom stereocenters. The van der Waals surface area contributed by atoms with Crippen molar-refractivity contribution in [1.82, 2.24) is 5.43 Å². The highest BCUT2D eigenvalue weighted by Gasteiger charge is 2.28. The average molecular weight is 436 g/mol. The monoisotopic (exact) mass is 435 g/mol. The third kappa shape index (κ3) is 5.58. The van der Waals surface area contributed by atoms with Crippen LogP contribution in [0.5, 0.6) is 0 Å². The number of hydrogen-bond donors (Lipinski definition) is 1. The summed E-state index contributed by atoms with van der Waals surface area (Å²) in [5.41, 5.74) is 6.48. The normalized spacial score (nSPS) is 11.5. The molecule has 0 radical (unpaired) electrons. The van der Waals surface area contributed by atoms with Crippen LogP contribution in [-0.4, -0.2) is 27.1 Å². The first-order chi connectivity index (χ1) is 14.8. The maximum Gasteiger partial charge on any atom is 0.264 e. The number of nitrogens with zero attached hydrogens (tertiary/aromatic N) is 2. The van der Waals surface area contributed by atoms with E-state index in [-0.39, 0.29) is 4.90 Å². The highest BCUT2D eigenvalue weighted by atomic mass is 32.2. The van der Waals surface area contributed by atoms with Crippen LogP contribution in [0, 0.1) is 20.8 Å². The summed E-state index contributed by atoms with van der Waals surface area (Å²) in [6.45, 7) is 5.26. The predicted octanol–water partition coefficient (Wildman–Crippen LogP) is 3.96. The fourth-order valence-corrected chi connectivity index (χ4v) is 4.56. The van der Waals surface area contributed by atoms with E-state index in [1.54, 1.807) is 49.4 Å². The number of para-hydroxylation sites is 1. The second-order valence-corrected chi connectivity index (χ2v) is 9.18. The summed E-state index contributed by atoms with van der Waals surface area (Å²) in [6, 6.07) is 21.3. The van der Waals surface area contributed by atoms with E-state index in [9.17, 15) is 13.2 Å². The lowest BCUT2D eigenvalue weighted by Gasteiger charge is -2.25. The van der Waals surface area contributed by atoms with Crippen LogP contribution in [0.15, 0.2) is 82.8 Å². The second-order valence-electron chi connectivity index (χ2n) is 7.32. The molecule has 0 bridgehead atoms. The number of nitrogens with one attached hydrogen (secondary N) is 1. The molecule has 0 aromatic heterocycles. The smallest absolute Gasteiger partial charge is 0.264 e. The molecule has 0 saturated heterocycles. The number of anilines is 1. The third-order valence-electron chi connectivity index (χ3n) is 4.73.